The third-order valence-electron chi connectivity index (χ3n) is 4.63. The van der Waals surface area contributed by atoms with Crippen molar-refractivity contribution in [3.05, 3.63) is 54.0 Å². The molecule has 4 nitrogen and oxygen atoms in total. The van der Waals surface area contributed by atoms with Crippen molar-refractivity contribution in [3.8, 4) is 5.75 Å². The molecule has 1 aromatic carbocycles. The van der Waals surface area contributed by atoms with E-state index in [9.17, 15) is 13.2 Å². The number of ether oxygens (including phenoxy) is 1. The molecule has 0 unspecified atom stereocenters. The number of benzene rings is 1. The largest absolute Gasteiger partial charge is 0.490 e. The molecule has 0 atom stereocenters. The number of nitrogens with two attached hydrogens (primary N) is 1. The average molecular weight is 347 g/mol. The first-order valence-corrected chi connectivity index (χ1v) is 7.96. The maximum Gasteiger partial charge on any atom is 0.433 e. The zero-order valence-corrected chi connectivity index (χ0v) is 13.2. The van der Waals surface area contributed by atoms with E-state index in [0.29, 0.717) is 5.69 Å². The Hall–Kier alpha value is -2.70. The van der Waals surface area contributed by atoms with Gasteiger partial charge in [-0.1, -0.05) is 6.07 Å². The Bertz CT molecular complexity index is 896. The minimum Gasteiger partial charge on any atom is -0.490 e. The lowest BCUT2D eigenvalue weighted by Crippen LogP contribution is -2.32. The molecule has 0 amide bonds. The highest BCUT2D eigenvalue weighted by molar-refractivity contribution is 5.92. The van der Waals surface area contributed by atoms with Gasteiger partial charge in [0, 0.05) is 23.3 Å². The zero-order valence-electron chi connectivity index (χ0n) is 13.2. The van der Waals surface area contributed by atoms with Crippen LogP contribution in [0.1, 0.15) is 30.0 Å². The molecule has 1 aliphatic rings. The monoisotopic (exact) mass is 347 g/mol. The summed E-state index contributed by atoms with van der Waals surface area (Å²) in [6.45, 7) is 0. The van der Waals surface area contributed by atoms with Crippen LogP contribution in [0.2, 0.25) is 0 Å². The van der Waals surface area contributed by atoms with Crippen LogP contribution in [0.25, 0.3) is 10.9 Å². The number of rotatable bonds is 3. The zero-order chi connectivity index (χ0) is 17.6. The summed E-state index contributed by atoms with van der Waals surface area (Å²) in [5, 5.41) is 0.917. The second-order valence-electron chi connectivity index (χ2n) is 6.33. The van der Waals surface area contributed by atoms with Crippen molar-refractivity contribution in [3.63, 3.8) is 0 Å². The third-order valence-corrected chi connectivity index (χ3v) is 4.63. The Labute approximate surface area is 141 Å². The van der Waals surface area contributed by atoms with Crippen molar-refractivity contribution in [2.75, 3.05) is 5.73 Å². The van der Waals surface area contributed by atoms with Crippen LogP contribution in [0.5, 0.6) is 5.75 Å². The molecule has 2 aromatic heterocycles. The second-order valence-corrected chi connectivity index (χ2v) is 6.33. The van der Waals surface area contributed by atoms with Crippen molar-refractivity contribution in [2.45, 2.75) is 31.0 Å². The van der Waals surface area contributed by atoms with Gasteiger partial charge in [-0.2, -0.15) is 13.2 Å². The van der Waals surface area contributed by atoms with Crippen molar-refractivity contribution in [1.82, 2.24) is 9.97 Å². The highest BCUT2D eigenvalue weighted by Crippen LogP contribution is 2.40. The summed E-state index contributed by atoms with van der Waals surface area (Å²) in [7, 11) is 0. The van der Waals surface area contributed by atoms with Crippen LogP contribution in [0, 0.1) is 0 Å². The van der Waals surface area contributed by atoms with Crippen LogP contribution in [0.3, 0.4) is 0 Å². The molecule has 1 aliphatic carbocycles. The van der Waals surface area contributed by atoms with Crippen LogP contribution < -0.4 is 10.5 Å². The van der Waals surface area contributed by atoms with Crippen LogP contribution >= 0.6 is 0 Å². The maximum atomic E-state index is 12.5. The molecule has 1 saturated carbocycles. The highest BCUT2D eigenvalue weighted by Gasteiger charge is 2.35. The lowest BCUT2D eigenvalue weighted by atomic mass is 9.78. The van der Waals surface area contributed by atoms with Crippen molar-refractivity contribution in [2.24, 2.45) is 0 Å². The normalized spacial score (nSPS) is 20.4. The maximum absolute atomic E-state index is 12.5. The number of hydrogen-bond donors (Lipinski definition) is 2. The van der Waals surface area contributed by atoms with E-state index in [1.54, 1.807) is 6.20 Å². The van der Waals surface area contributed by atoms with E-state index in [1.165, 1.54) is 12.3 Å². The van der Waals surface area contributed by atoms with Crippen LogP contribution in [0.4, 0.5) is 18.9 Å². The molecule has 0 bridgehead atoms. The smallest absolute Gasteiger partial charge is 0.433 e. The molecule has 0 radical (unpaired) electrons. The number of anilines is 1. The second kappa shape index (κ2) is 5.68. The fourth-order valence-corrected chi connectivity index (χ4v) is 3.14. The van der Waals surface area contributed by atoms with Gasteiger partial charge in [-0.3, -0.25) is 4.98 Å². The molecular weight excluding hydrogens is 331 g/mol. The first kappa shape index (κ1) is 15.8. The number of nitrogens with one attached hydrogen (secondary N) is 1. The van der Waals surface area contributed by atoms with Crippen molar-refractivity contribution >= 4 is 16.6 Å². The molecule has 7 heteroatoms. The summed E-state index contributed by atoms with van der Waals surface area (Å²) in [5.74, 6) is 0.925. The number of halogens is 3. The average Bonchev–Trinajstić information content (AvgIpc) is 2.91. The molecular formula is C18H16F3N3O. The fraction of sp³-hybridized carbons (Fsp3) is 0.278. The van der Waals surface area contributed by atoms with Gasteiger partial charge in [-0.15, -0.1) is 0 Å². The third kappa shape index (κ3) is 3.01. The van der Waals surface area contributed by atoms with E-state index >= 15 is 0 Å². The Kier molecular flexibility index (Phi) is 3.59. The summed E-state index contributed by atoms with van der Waals surface area (Å²) in [6, 6.07) is 8.23. The molecule has 130 valence electrons. The Balaban J connectivity index is 1.39. The number of alkyl halides is 3. The molecule has 1 fully saturated rings. The van der Waals surface area contributed by atoms with E-state index in [2.05, 4.69) is 9.97 Å². The van der Waals surface area contributed by atoms with E-state index in [4.69, 9.17) is 10.5 Å². The standard InChI is InChI=1S/C18H16F3N3O/c19-18(20,21)17-4-1-10(8-24-17)11-5-13(6-11)25-12-2-3-16-14(7-12)15(22)9-23-16/h1-4,7-9,11,13,23H,5-6,22H2. The first-order chi connectivity index (χ1) is 11.9. The highest BCUT2D eigenvalue weighted by atomic mass is 19.4. The van der Waals surface area contributed by atoms with Crippen LogP contribution in [-0.4, -0.2) is 16.1 Å². The predicted octanol–water partition coefficient (Wildman–Crippen LogP) is 4.49. The van der Waals surface area contributed by atoms with Crippen LogP contribution in [0.15, 0.2) is 42.7 Å². The van der Waals surface area contributed by atoms with Gasteiger partial charge >= 0.3 is 6.18 Å². The van der Waals surface area contributed by atoms with Gasteiger partial charge in [0.05, 0.1) is 11.8 Å². The summed E-state index contributed by atoms with van der Waals surface area (Å²) < 4.78 is 43.6. The summed E-state index contributed by atoms with van der Waals surface area (Å²) in [5.41, 5.74) is 7.47. The number of pyridine rings is 1. The van der Waals surface area contributed by atoms with Crippen LogP contribution in [-0.2, 0) is 6.18 Å². The molecule has 4 rings (SSSR count). The van der Waals surface area contributed by atoms with E-state index in [1.807, 2.05) is 18.2 Å². The molecule has 2 heterocycles. The van der Waals surface area contributed by atoms with Crippen molar-refractivity contribution in [1.29, 1.82) is 0 Å². The van der Waals surface area contributed by atoms with E-state index in [0.717, 1.165) is 41.1 Å². The number of fused-ring (bicyclic) bond motifs is 1. The minimum absolute atomic E-state index is 0.0462. The summed E-state index contributed by atoms with van der Waals surface area (Å²) in [6.07, 6.45) is 0.218. The van der Waals surface area contributed by atoms with Crippen molar-refractivity contribution < 1.29 is 17.9 Å². The minimum atomic E-state index is -4.40. The number of H-pyrrole nitrogens is 1. The summed E-state index contributed by atoms with van der Waals surface area (Å²) >= 11 is 0. The Morgan fingerprint density at radius 2 is 1.96 bits per heavy atom. The van der Waals surface area contributed by atoms with E-state index < -0.39 is 11.9 Å². The predicted molar refractivity (Wildman–Crippen MR) is 88.3 cm³/mol. The molecule has 0 spiro atoms. The molecule has 3 aromatic rings. The van der Waals surface area contributed by atoms with Gasteiger partial charge in [0.25, 0.3) is 0 Å². The number of aromatic amines is 1. The lowest BCUT2D eigenvalue weighted by molar-refractivity contribution is -0.141. The van der Waals surface area contributed by atoms with Gasteiger partial charge in [0.15, 0.2) is 0 Å². The SMILES string of the molecule is Nc1c[nH]c2ccc(OC3CC(c4ccc(C(F)(F)F)nc4)C3)cc12. The van der Waals surface area contributed by atoms with Gasteiger partial charge < -0.3 is 15.5 Å². The van der Waals surface area contributed by atoms with Gasteiger partial charge in [0.1, 0.15) is 11.4 Å². The lowest BCUT2D eigenvalue weighted by Gasteiger charge is -2.35. The van der Waals surface area contributed by atoms with Gasteiger partial charge in [0.2, 0.25) is 0 Å². The number of nitrogens with zero attached hydrogens (tertiary/aromatic N) is 1. The fourth-order valence-electron chi connectivity index (χ4n) is 3.14. The quantitative estimate of drug-likeness (QED) is 0.734. The molecule has 0 saturated heterocycles. The van der Waals surface area contributed by atoms with Gasteiger partial charge in [-0.25, -0.2) is 0 Å². The number of aromatic nitrogens is 2. The molecule has 0 aliphatic heterocycles. The summed E-state index contributed by atoms with van der Waals surface area (Å²) in [4.78, 5) is 6.59. The molecule has 25 heavy (non-hydrogen) atoms. The first-order valence-electron chi connectivity index (χ1n) is 7.96. The topological polar surface area (TPSA) is 63.9 Å². The Morgan fingerprint density at radius 3 is 2.64 bits per heavy atom. The van der Waals surface area contributed by atoms with Gasteiger partial charge in [-0.05, 0) is 48.6 Å². The number of hydrogen-bond acceptors (Lipinski definition) is 3. The van der Waals surface area contributed by atoms with E-state index in [-0.39, 0.29) is 12.0 Å². The molecule has 3 N–H and O–H groups in total. The number of nitrogen functional groups attached to an aromatic ring is 1. The Morgan fingerprint density at radius 1 is 1.16 bits per heavy atom.